The lowest BCUT2D eigenvalue weighted by molar-refractivity contribution is -0.121. The van der Waals surface area contributed by atoms with Gasteiger partial charge in [-0.25, -0.2) is 4.79 Å². The molecule has 1 aliphatic carbocycles. The largest absolute Gasteiger partial charge is 0.338 e. The Kier molecular flexibility index (Phi) is 4.81. The van der Waals surface area contributed by atoms with Gasteiger partial charge in [0.15, 0.2) is 0 Å². The van der Waals surface area contributed by atoms with Crippen LogP contribution in [0.5, 0.6) is 0 Å². The minimum atomic E-state index is -0.101. The number of hydrogen-bond acceptors (Lipinski definition) is 3. The second-order valence-corrected chi connectivity index (χ2v) is 6.33. The molecule has 6 heteroatoms. The fraction of sp³-hybridized carbons (Fsp3) is 0.529. The van der Waals surface area contributed by atoms with Crippen LogP contribution in [0.15, 0.2) is 24.3 Å². The molecule has 1 saturated carbocycles. The van der Waals surface area contributed by atoms with Gasteiger partial charge in [-0.2, -0.15) is 0 Å². The first-order valence-corrected chi connectivity index (χ1v) is 8.37. The van der Waals surface area contributed by atoms with Crippen molar-refractivity contribution in [2.75, 3.05) is 23.3 Å². The van der Waals surface area contributed by atoms with Gasteiger partial charge in [0.1, 0.15) is 0 Å². The van der Waals surface area contributed by atoms with E-state index in [2.05, 4.69) is 10.6 Å². The molecule has 3 amide bonds. The van der Waals surface area contributed by atoms with Crippen LogP contribution in [0.25, 0.3) is 0 Å². The molecule has 6 nitrogen and oxygen atoms in total. The monoisotopic (exact) mass is 316 g/mol. The summed E-state index contributed by atoms with van der Waals surface area (Å²) < 4.78 is 0. The molecule has 1 aliphatic heterocycles. The first-order valence-electron chi connectivity index (χ1n) is 8.37. The molecular weight excluding hydrogens is 292 g/mol. The molecule has 23 heavy (non-hydrogen) atoms. The van der Waals surface area contributed by atoms with Gasteiger partial charge in [0.25, 0.3) is 0 Å². The molecule has 2 fully saturated rings. The minimum absolute atomic E-state index is 0.000616. The Labute approximate surface area is 136 Å². The number of hydrogen-bond donors (Lipinski definition) is 3. The summed E-state index contributed by atoms with van der Waals surface area (Å²) >= 11 is 0. The van der Waals surface area contributed by atoms with Gasteiger partial charge in [0.2, 0.25) is 5.91 Å². The minimum Gasteiger partial charge on any atom is -0.338 e. The molecule has 1 aromatic rings. The standard InChI is InChI=1S/C17H24N4O2/c18-15-5-2-1-4-14(15)16(22)20-12-6-8-13(9-7-12)21-11-3-10-19-17(21)23/h6-9,14-15H,1-5,10-11,18H2,(H,19,23)(H,20,22). The van der Waals surface area contributed by atoms with Crippen molar-refractivity contribution in [3.63, 3.8) is 0 Å². The highest BCUT2D eigenvalue weighted by Crippen LogP contribution is 2.25. The van der Waals surface area contributed by atoms with Crippen LogP contribution in [0.1, 0.15) is 32.1 Å². The molecule has 0 radical (unpaired) electrons. The van der Waals surface area contributed by atoms with Gasteiger partial charge >= 0.3 is 6.03 Å². The Hall–Kier alpha value is -2.08. The van der Waals surface area contributed by atoms with E-state index >= 15 is 0 Å². The highest BCUT2D eigenvalue weighted by Gasteiger charge is 2.28. The fourth-order valence-electron chi connectivity index (χ4n) is 3.32. The summed E-state index contributed by atoms with van der Waals surface area (Å²) in [7, 11) is 0. The van der Waals surface area contributed by atoms with Gasteiger partial charge in [-0.3, -0.25) is 9.69 Å². The molecule has 0 aromatic heterocycles. The third kappa shape index (κ3) is 3.64. The van der Waals surface area contributed by atoms with Gasteiger partial charge in [0.05, 0.1) is 5.92 Å². The average molecular weight is 316 g/mol. The summed E-state index contributed by atoms with van der Waals surface area (Å²) in [5.74, 6) is -0.100. The molecule has 124 valence electrons. The lowest BCUT2D eigenvalue weighted by Gasteiger charge is -2.28. The second-order valence-electron chi connectivity index (χ2n) is 6.33. The summed E-state index contributed by atoms with van der Waals surface area (Å²) in [4.78, 5) is 25.9. The number of benzene rings is 1. The molecular formula is C17H24N4O2. The Balaban J connectivity index is 1.63. The highest BCUT2D eigenvalue weighted by atomic mass is 16.2. The third-order valence-corrected chi connectivity index (χ3v) is 4.68. The van der Waals surface area contributed by atoms with Crippen LogP contribution in [-0.2, 0) is 4.79 Å². The van der Waals surface area contributed by atoms with Gasteiger partial charge in [-0.15, -0.1) is 0 Å². The van der Waals surface area contributed by atoms with E-state index in [4.69, 9.17) is 5.73 Å². The Bertz CT molecular complexity index is 572. The Morgan fingerprint density at radius 3 is 2.61 bits per heavy atom. The van der Waals surface area contributed by atoms with Crippen molar-refractivity contribution in [2.24, 2.45) is 11.7 Å². The summed E-state index contributed by atoms with van der Waals surface area (Å²) in [6, 6.07) is 7.29. The predicted molar refractivity (Wildman–Crippen MR) is 90.4 cm³/mol. The SMILES string of the molecule is NC1CCCCC1C(=O)Nc1ccc(N2CCCNC2=O)cc1. The molecule has 2 aliphatic rings. The molecule has 2 atom stereocenters. The van der Waals surface area contributed by atoms with E-state index in [9.17, 15) is 9.59 Å². The second kappa shape index (κ2) is 7.00. The number of nitrogens with zero attached hydrogens (tertiary/aromatic N) is 1. The van der Waals surface area contributed by atoms with Crippen LogP contribution in [0.4, 0.5) is 16.2 Å². The lowest BCUT2D eigenvalue weighted by Crippen LogP contribution is -2.46. The fourth-order valence-corrected chi connectivity index (χ4v) is 3.32. The van der Waals surface area contributed by atoms with Gasteiger partial charge < -0.3 is 16.4 Å². The number of nitrogens with two attached hydrogens (primary N) is 1. The molecule has 0 bridgehead atoms. The number of anilines is 2. The van der Waals surface area contributed by atoms with Gasteiger partial charge in [-0.1, -0.05) is 12.8 Å². The van der Waals surface area contributed by atoms with E-state index < -0.39 is 0 Å². The van der Waals surface area contributed by atoms with Crippen LogP contribution in [0.2, 0.25) is 0 Å². The Morgan fingerprint density at radius 2 is 1.91 bits per heavy atom. The van der Waals surface area contributed by atoms with Crippen molar-refractivity contribution < 1.29 is 9.59 Å². The number of carbonyl (C=O) groups is 2. The number of rotatable bonds is 3. The van der Waals surface area contributed by atoms with Crippen LogP contribution < -0.4 is 21.3 Å². The van der Waals surface area contributed by atoms with Crippen LogP contribution in [0.3, 0.4) is 0 Å². The molecule has 1 saturated heterocycles. The molecule has 0 spiro atoms. The molecule has 2 unspecified atom stereocenters. The molecule has 4 N–H and O–H groups in total. The zero-order valence-corrected chi connectivity index (χ0v) is 13.3. The van der Waals surface area contributed by atoms with Crippen LogP contribution >= 0.6 is 0 Å². The number of nitrogens with one attached hydrogen (secondary N) is 2. The number of urea groups is 1. The average Bonchev–Trinajstić information content (AvgIpc) is 2.56. The van der Waals surface area contributed by atoms with Crippen molar-refractivity contribution in [3.8, 4) is 0 Å². The normalized spacial score (nSPS) is 24.9. The molecule has 1 heterocycles. The highest BCUT2D eigenvalue weighted by molar-refractivity contribution is 5.95. The number of amides is 3. The maximum absolute atomic E-state index is 12.4. The molecule has 3 rings (SSSR count). The van der Waals surface area contributed by atoms with Crippen LogP contribution in [-0.4, -0.2) is 31.1 Å². The van der Waals surface area contributed by atoms with E-state index in [1.165, 1.54) is 0 Å². The first kappa shape index (κ1) is 15.8. The van der Waals surface area contributed by atoms with Gasteiger partial charge in [-0.05, 0) is 43.5 Å². The van der Waals surface area contributed by atoms with Crippen molar-refractivity contribution >= 4 is 23.3 Å². The Morgan fingerprint density at radius 1 is 1.17 bits per heavy atom. The molecule has 1 aromatic carbocycles. The van der Waals surface area contributed by atoms with Gasteiger partial charge in [0, 0.05) is 30.5 Å². The van der Waals surface area contributed by atoms with E-state index in [1.807, 2.05) is 24.3 Å². The van der Waals surface area contributed by atoms with Crippen molar-refractivity contribution in [3.05, 3.63) is 24.3 Å². The van der Waals surface area contributed by atoms with E-state index in [1.54, 1.807) is 4.90 Å². The van der Waals surface area contributed by atoms with Crippen molar-refractivity contribution in [1.29, 1.82) is 0 Å². The quantitative estimate of drug-likeness (QED) is 0.797. The summed E-state index contributed by atoms with van der Waals surface area (Å²) in [6.07, 6.45) is 4.89. The summed E-state index contributed by atoms with van der Waals surface area (Å²) in [5.41, 5.74) is 7.65. The van der Waals surface area contributed by atoms with E-state index in [0.717, 1.165) is 50.0 Å². The zero-order chi connectivity index (χ0) is 16.2. The van der Waals surface area contributed by atoms with Crippen molar-refractivity contribution in [2.45, 2.75) is 38.1 Å². The predicted octanol–water partition coefficient (Wildman–Crippen LogP) is 2.06. The van der Waals surface area contributed by atoms with Crippen molar-refractivity contribution in [1.82, 2.24) is 5.32 Å². The zero-order valence-electron chi connectivity index (χ0n) is 13.3. The third-order valence-electron chi connectivity index (χ3n) is 4.68. The first-order chi connectivity index (χ1) is 11.1. The van der Waals surface area contributed by atoms with E-state index in [-0.39, 0.29) is 23.9 Å². The maximum Gasteiger partial charge on any atom is 0.321 e. The summed E-state index contributed by atoms with van der Waals surface area (Å²) in [5, 5.41) is 5.77. The van der Waals surface area contributed by atoms with Crippen LogP contribution in [0, 0.1) is 5.92 Å². The summed E-state index contributed by atoms with van der Waals surface area (Å²) in [6.45, 7) is 1.44. The smallest absolute Gasteiger partial charge is 0.321 e. The topological polar surface area (TPSA) is 87.5 Å². The maximum atomic E-state index is 12.4. The number of carbonyl (C=O) groups excluding carboxylic acids is 2. The van der Waals surface area contributed by atoms with E-state index in [0.29, 0.717) is 6.54 Å². The lowest BCUT2D eigenvalue weighted by atomic mass is 9.84.